The third-order valence-electron chi connectivity index (χ3n) is 6.49. The van der Waals surface area contributed by atoms with E-state index in [1.54, 1.807) is 19.1 Å². The maximum absolute atomic E-state index is 13.5. The zero-order valence-corrected chi connectivity index (χ0v) is 17.1. The molecule has 0 saturated carbocycles. The van der Waals surface area contributed by atoms with E-state index in [1.165, 1.54) is 12.1 Å². The first kappa shape index (κ1) is 19.6. The van der Waals surface area contributed by atoms with Crippen molar-refractivity contribution in [1.29, 1.82) is 0 Å². The van der Waals surface area contributed by atoms with Crippen molar-refractivity contribution < 1.29 is 14.0 Å². The van der Waals surface area contributed by atoms with Crippen LogP contribution in [0.25, 0.3) is 0 Å². The number of rotatable bonds is 3. The van der Waals surface area contributed by atoms with Crippen molar-refractivity contribution in [3.05, 3.63) is 52.6 Å². The summed E-state index contributed by atoms with van der Waals surface area (Å²) < 4.78 is 13.5. The molecule has 1 aromatic heterocycles. The minimum atomic E-state index is -0.289. The van der Waals surface area contributed by atoms with Crippen molar-refractivity contribution in [1.82, 2.24) is 20.0 Å². The summed E-state index contributed by atoms with van der Waals surface area (Å²) >= 11 is 0. The van der Waals surface area contributed by atoms with Crippen LogP contribution in [0.15, 0.2) is 24.3 Å². The third kappa shape index (κ3) is 3.32. The van der Waals surface area contributed by atoms with Crippen LogP contribution in [0.5, 0.6) is 0 Å². The molecule has 3 heterocycles. The number of aryl methyl sites for hydroxylation is 1. The van der Waals surface area contributed by atoms with Gasteiger partial charge >= 0.3 is 0 Å². The maximum Gasteiger partial charge on any atom is 0.274 e. The highest BCUT2D eigenvalue weighted by molar-refractivity contribution is 5.94. The van der Waals surface area contributed by atoms with Crippen LogP contribution < -0.4 is 0 Å². The molecule has 1 N–H and O–H groups in total. The number of carbonyl (C=O) groups excluding carboxylic acids is 2. The molecule has 0 bridgehead atoms. The van der Waals surface area contributed by atoms with Gasteiger partial charge in [0.15, 0.2) is 5.69 Å². The average molecular weight is 398 g/mol. The Morgan fingerprint density at radius 3 is 2.59 bits per heavy atom. The number of aromatic nitrogens is 2. The highest BCUT2D eigenvalue weighted by atomic mass is 19.1. The zero-order valence-electron chi connectivity index (χ0n) is 17.1. The number of benzene rings is 1. The summed E-state index contributed by atoms with van der Waals surface area (Å²) in [6, 6.07) is 6.28. The Hall–Kier alpha value is -2.70. The molecule has 2 aliphatic heterocycles. The van der Waals surface area contributed by atoms with Gasteiger partial charge in [0.25, 0.3) is 5.91 Å². The van der Waals surface area contributed by atoms with Gasteiger partial charge in [-0.1, -0.05) is 19.1 Å². The van der Waals surface area contributed by atoms with E-state index in [-0.39, 0.29) is 35.6 Å². The molecule has 2 aromatic rings. The first-order chi connectivity index (χ1) is 13.9. The molecule has 0 spiro atoms. The smallest absolute Gasteiger partial charge is 0.274 e. The number of nitrogens with one attached hydrogen (secondary N) is 1. The Morgan fingerprint density at radius 1 is 1.24 bits per heavy atom. The average Bonchev–Trinajstić information content (AvgIpc) is 3.28. The fourth-order valence-corrected chi connectivity index (χ4v) is 5.02. The van der Waals surface area contributed by atoms with Crippen molar-refractivity contribution in [2.45, 2.75) is 58.0 Å². The van der Waals surface area contributed by atoms with E-state index in [1.807, 2.05) is 23.6 Å². The van der Waals surface area contributed by atoms with E-state index in [0.717, 1.165) is 36.1 Å². The Labute approximate surface area is 170 Å². The number of hydrogen-bond donors (Lipinski definition) is 1. The van der Waals surface area contributed by atoms with Crippen LogP contribution in [-0.2, 0) is 11.2 Å². The van der Waals surface area contributed by atoms with Gasteiger partial charge in [0.1, 0.15) is 5.82 Å². The Balaban J connectivity index is 1.72. The number of piperidine rings is 1. The molecule has 1 aromatic carbocycles. The summed E-state index contributed by atoms with van der Waals surface area (Å²) in [6.07, 6.45) is 2.50. The summed E-state index contributed by atoms with van der Waals surface area (Å²) in [5.74, 6) is -0.407. The topological polar surface area (TPSA) is 69.3 Å². The number of halogens is 1. The standard InChI is InChI=1S/C22H27FN4O2/c1-4-18-13(2)20(25-24-18)22(29)27-12-17(15-7-9-16(23)10-8-15)21-19(27)6-5-11-26(21)14(3)28/h7-10,17,19,21H,4-6,11-12H2,1-3H3,(H,24,25)/t17-,19-,21-/m1/s1. The number of likely N-dealkylation sites (tertiary alicyclic amines) is 2. The lowest BCUT2D eigenvalue weighted by Crippen LogP contribution is -2.53. The predicted octanol–water partition coefficient (Wildman–Crippen LogP) is 3.04. The highest BCUT2D eigenvalue weighted by Crippen LogP contribution is 2.41. The molecule has 154 valence electrons. The number of H-pyrrole nitrogens is 1. The second kappa shape index (κ2) is 7.61. The SMILES string of the molecule is CCc1[nH]nc(C(=O)N2C[C@H](c3ccc(F)cc3)[C@@H]3[C@H]2CCCN3C(C)=O)c1C. The fraction of sp³-hybridized carbons (Fsp3) is 0.500. The molecule has 4 rings (SSSR count). The third-order valence-corrected chi connectivity index (χ3v) is 6.49. The Morgan fingerprint density at radius 2 is 1.97 bits per heavy atom. The number of aromatic amines is 1. The minimum absolute atomic E-state index is 0.0188. The van der Waals surface area contributed by atoms with Crippen LogP contribution >= 0.6 is 0 Å². The summed E-state index contributed by atoms with van der Waals surface area (Å²) in [6.45, 7) is 6.72. The highest BCUT2D eigenvalue weighted by Gasteiger charge is 2.50. The van der Waals surface area contributed by atoms with Gasteiger partial charge in [-0.3, -0.25) is 14.7 Å². The molecule has 2 amide bonds. The molecule has 29 heavy (non-hydrogen) atoms. The lowest BCUT2D eigenvalue weighted by atomic mass is 9.86. The van der Waals surface area contributed by atoms with Gasteiger partial charge in [0.2, 0.25) is 5.91 Å². The zero-order chi connectivity index (χ0) is 20.7. The van der Waals surface area contributed by atoms with Crippen molar-refractivity contribution >= 4 is 11.8 Å². The number of carbonyl (C=O) groups is 2. The Kier molecular flexibility index (Phi) is 5.15. The summed E-state index contributed by atoms with van der Waals surface area (Å²) in [4.78, 5) is 29.6. The molecule has 2 saturated heterocycles. The first-order valence-electron chi connectivity index (χ1n) is 10.3. The van der Waals surface area contributed by atoms with E-state index in [4.69, 9.17) is 0 Å². The minimum Gasteiger partial charge on any atom is -0.337 e. The molecule has 0 radical (unpaired) electrons. The number of nitrogens with zero attached hydrogens (tertiary/aromatic N) is 3. The van der Waals surface area contributed by atoms with Crippen LogP contribution in [0.3, 0.4) is 0 Å². The molecule has 0 unspecified atom stereocenters. The quantitative estimate of drug-likeness (QED) is 0.864. The lowest BCUT2D eigenvalue weighted by molar-refractivity contribution is -0.133. The molecular formula is C22H27FN4O2. The van der Waals surface area contributed by atoms with Crippen LogP contribution in [0.1, 0.15) is 59.9 Å². The first-order valence-corrected chi connectivity index (χ1v) is 10.3. The predicted molar refractivity (Wildman–Crippen MR) is 107 cm³/mol. The second-order valence-electron chi connectivity index (χ2n) is 8.06. The van der Waals surface area contributed by atoms with Crippen LogP contribution in [0, 0.1) is 12.7 Å². The molecule has 2 fully saturated rings. The van der Waals surface area contributed by atoms with E-state index in [2.05, 4.69) is 10.2 Å². The molecule has 6 nitrogen and oxygen atoms in total. The monoisotopic (exact) mass is 398 g/mol. The molecule has 0 aliphatic carbocycles. The van der Waals surface area contributed by atoms with Gasteiger partial charge < -0.3 is 9.80 Å². The van der Waals surface area contributed by atoms with Gasteiger partial charge in [-0.25, -0.2) is 4.39 Å². The summed E-state index contributed by atoms with van der Waals surface area (Å²) in [7, 11) is 0. The number of hydrogen-bond acceptors (Lipinski definition) is 3. The van der Waals surface area contributed by atoms with Gasteiger partial charge in [0.05, 0.1) is 12.1 Å². The largest absolute Gasteiger partial charge is 0.337 e. The second-order valence-corrected chi connectivity index (χ2v) is 8.06. The van der Waals surface area contributed by atoms with E-state index in [9.17, 15) is 14.0 Å². The van der Waals surface area contributed by atoms with Gasteiger partial charge in [-0.2, -0.15) is 5.10 Å². The number of amides is 2. The van der Waals surface area contributed by atoms with Crippen molar-refractivity contribution in [3.63, 3.8) is 0 Å². The van der Waals surface area contributed by atoms with E-state index < -0.39 is 0 Å². The van der Waals surface area contributed by atoms with Crippen molar-refractivity contribution in [2.75, 3.05) is 13.1 Å². The summed E-state index contributed by atoms with van der Waals surface area (Å²) in [5.41, 5.74) is 3.27. The van der Waals surface area contributed by atoms with E-state index in [0.29, 0.717) is 18.8 Å². The molecule has 7 heteroatoms. The number of fused-ring (bicyclic) bond motifs is 1. The van der Waals surface area contributed by atoms with Crippen LogP contribution in [0.4, 0.5) is 4.39 Å². The van der Waals surface area contributed by atoms with E-state index >= 15 is 0 Å². The fourth-order valence-electron chi connectivity index (χ4n) is 5.02. The van der Waals surface area contributed by atoms with Crippen molar-refractivity contribution in [2.24, 2.45) is 0 Å². The molecule has 3 atom stereocenters. The van der Waals surface area contributed by atoms with Gasteiger partial charge in [-0.05, 0) is 43.9 Å². The van der Waals surface area contributed by atoms with Crippen LogP contribution in [-0.4, -0.2) is 57.0 Å². The lowest BCUT2D eigenvalue weighted by Gasteiger charge is -2.41. The normalized spacial score (nSPS) is 23.9. The summed E-state index contributed by atoms with van der Waals surface area (Å²) in [5, 5.41) is 7.26. The van der Waals surface area contributed by atoms with Gasteiger partial charge in [-0.15, -0.1) is 0 Å². The molecular weight excluding hydrogens is 371 g/mol. The van der Waals surface area contributed by atoms with Crippen LogP contribution in [0.2, 0.25) is 0 Å². The maximum atomic E-state index is 13.5. The Bertz CT molecular complexity index is 923. The van der Waals surface area contributed by atoms with Gasteiger partial charge in [0, 0.05) is 37.2 Å². The van der Waals surface area contributed by atoms with Crippen molar-refractivity contribution in [3.8, 4) is 0 Å². The molecule has 2 aliphatic rings.